The molecule has 0 aliphatic rings. The molecule has 0 atom stereocenters. The first kappa shape index (κ1) is 17.7. The predicted octanol–water partition coefficient (Wildman–Crippen LogP) is 2.41. The number of hydrogen-bond donors (Lipinski definition) is 0. The molecule has 0 saturated heterocycles. The second-order valence-electron chi connectivity index (χ2n) is 4.51. The summed E-state index contributed by atoms with van der Waals surface area (Å²) in [5.41, 5.74) is 1.50. The van der Waals surface area contributed by atoms with Crippen molar-refractivity contribution in [3.05, 3.63) is 33.8 Å². The van der Waals surface area contributed by atoms with Gasteiger partial charge in [0.15, 0.2) is 0 Å². The Labute approximate surface area is 133 Å². The van der Waals surface area contributed by atoms with Gasteiger partial charge in [0.2, 0.25) is 0 Å². The average Bonchev–Trinajstić information content (AvgIpc) is 2.45. The van der Waals surface area contributed by atoms with Crippen molar-refractivity contribution in [2.24, 2.45) is 0 Å². The molecule has 0 aliphatic heterocycles. The van der Waals surface area contributed by atoms with E-state index in [1.165, 1.54) is 4.90 Å². The normalized spacial score (nSPS) is 10.3. The Morgan fingerprint density at radius 2 is 2.05 bits per heavy atom. The number of rotatable bonds is 7. The number of methoxy groups -OCH3 is 1. The van der Waals surface area contributed by atoms with Crippen LogP contribution >= 0.6 is 15.9 Å². The second-order valence-corrected chi connectivity index (χ2v) is 5.36. The summed E-state index contributed by atoms with van der Waals surface area (Å²) >= 11 is 3.37. The summed E-state index contributed by atoms with van der Waals surface area (Å²) in [6.07, 6.45) is 0. The van der Waals surface area contributed by atoms with E-state index in [0.717, 1.165) is 5.56 Å². The van der Waals surface area contributed by atoms with Crippen LogP contribution in [0.1, 0.15) is 22.8 Å². The molecule has 0 heterocycles. The van der Waals surface area contributed by atoms with Crippen LogP contribution in [0, 0.1) is 6.92 Å². The van der Waals surface area contributed by atoms with Gasteiger partial charge in [0.05, 0.1) is 18.8 Å². The Bertz CT molecular complexity index is 504. The minimum absolute atomic E-state index is 0.0869. The molecule has 5 nitrogen and oxygen atoms in total. The smallest absolute Gasteiger partial charge is 0.325 e. The maximum Gasteiger partial charge on any atom is 0.325 e. The number of carbonyl (C=O) groups excluding carboxylic acids is 2. The maximum absolute atomic E-state index is 12.6. The number of benzene rings is 1. The molecule has 1 aromatic carbocycles. The van der Waals surface area contributed by atoms with Gasteiger partial charge < -0.3 is 14.4 Å². The third-order valence-corrected chi connectivity index (χ3v) is 3.52. The van der Waals surface area contributed by atoms with E-state index in [1.54, 1.807) is 20.1 Å². The summed E-state index contributed by atoms with van der Waals surface area (Å²) in [7, 11) is 1.55. The minimum atomic E-state index is -0.425. The molecule has 0 fully saturated rings. The lowest BCUT2D eigenvalue weighted by molar-refractivity contribution is -0.143. The van der Waals surface area contributed by atoms with Crippen LogP contribution in [0.25, 0.3) is 0 Å². The van der Waals surface area contributed by atoms with Crippen molar-refractivity contribution in [2.45, 2.75) is 13.8 Å². The average molecular weight is 358 g/mol. The highest BCUT2D eigenvalue weighted by Crippen LogP contribution is 2.20. The van der Waals surface area contributed by atoms with Gasteiger partial charge in [-0.25, -0.2) is 0 Å². The topological polar surface area (TPSA) is 55.8 Å². The van der Waals surface area contributed by atoms with E-state index in [1.807, 2.05) is 19.1 Å². The summed E-state index contributed by atoms with van der Waals surface area (Å²) < 4.78 is 10.6. The van der Waals surface area contributed by atoms with E-state index < -0.39 is 5.97 Å². The van der Waals surface area contributed by atoms with Crippen molar-refractivity contribution >= 4 is 27.8 Å². The zero-order valence-corrected chi connectivity index (χ0v) is 14.1. The Balaban J connectivity index is 2.92. The number of ether oxygens (including phenoxy) is 2. The Hall–Kier alpha value is -1.40. The highest BCUT2D eigenvalue weighted by atomic mass is 79.9. The summed E-state index contributed by atoms with van der Waals surface area (Å²) in [4.78, 5) is 25.7. The Morgan fingerprint density at radius 3 is 2.67 bits per heavy atom. The lowest BCUT2D eigenvalue weighted by Crippen LogP contribution is -2.38. The van der Waals surface area contributed by atoms with Gasteiger partial charge in [-0.1, -0.05) is 11.6 Å². The molecule has 6 heteroatoms. The number of halogens is 1. The van der Waals surface area contributed by atoms with Crippen LogP contribution in [0.2, 0.25) is 0 Å². The van der Waals surface area contributed by atoms with Crippen LogP contribution in [-0.2, 0) is 14.3 Å². The molecule has 0 radical (unpaired) electrons. The van der Waals surface area contributed by atoms with Gasteiger partial charge in [0.25, 0.3) is 5.91 Å². The first-order valence-electron chi connectivity index (χ1n) is 6.69. The standard InChI is InChI=1S/C15H20BrNO4/c1-4-21-14(18)10-17(7-8-20-3)15(19)12-9-11(2)5-6-13(12)16/h5-6,9H,4,7-8,10H2,1-3H3. The third-order valence-electron chi connectivity index (χ3n) is 2.83. The van der Waals surface area contributed by atoms with Gasteiger partial charge in [0.1, 0.15) is 6.54 Å². The fraction of sp³-hybridized carbons (Fsp3) is 0.467. The molecular weight excluding hydrogens is 338 g/mol. The van der Waals surface area contributed by atoms with E-state index in [2.05, 4.69) is 15.9 Å². The van der Waals surface area contributed by atoms with Crippen molar-refractivity contribution in [2.75, 3.05) is 33.4 Å². The highest BCUT2D eigenvalue weighted by molar-refractivity contribution is 9.10. The first-order valence-corrected chi connectivity index (χ1v) is 7.48. The highest BCUT2D eigenvalue weighted by Gasteiger charge is 2.21. The van der Waals surface area contributed by atoms with Gasteiger partial charge in [-0.3, -0.25) is 9.59 Å². The van der Waals surface area contributed by atoms with Crippen molar-refractivity contribution in [1.29, 1.82) is 0 Å². The molecule has 116 valence electrons. The van der Waals surface area contributed by atoms with E-state index in [4.69, 9.17) is 9.47 Å². The second kappa shape index (κ2) is 8.79. The van der Waals surface area contributed by atoms with E-state index in [-0.39, 0.29) is 12.5 Å². The molecule has 0 aromatic heterocycles. The SMILES string of the molecule is CCOC(=O)CN(CCOC)C(=O)c1cc(C)ccc1Br. The fourth-order valence-corrected chi connectivity index (χ4v) is 2.21. The molecule has 0 spiro atoms. The molecule has 0 saturated carbocycles. The molecule has 1 aromatic rings. The van der Waals surface area contributed by atoms with Gasteiger partial charge in [0, 0.05) is 18.1 Å². The third kappa shape index (κ3) is 5.47. The van der Waals surface area contributed by atoms with Crippen molar-refractivity contribution in [3.63, 3.8) is 0 Å². The number of esters is 1. The summed E-state index contributed by atoms with van der Waals surface area (Å²) in [5, 5.41) is 0. The lowest BCUT2D eigenvalue weighted by Gasteiger charge is -2.22. The summed E-state index contributed by atoms with van der Waals surface area (Å²) in [6.45, 7) is 4.53. The van der Waals surface area contributed by atoms with Crippen molar-refractivity contribution < 1.29 is 19.1 Å². The largest absolute Gasteiger partial charge is 0.465 e. The first-order chi connectivity index (χ1) is 9.99. The number of amides is 1. The van der Waals surface area contributed by atoms with Crippen molar-refractivity contribution in [3.8, 4) is 0 Å². The maximum atomic E-state index is 12.6. The number of aryl methyl sites for hydroxylation is 1. The van der Waals surface area contributed by atoms with Gasteiger partial charge >= 0.3 is 5.97 Å². The zero-order valence-electron chi connectivity index (χ0n) is 12.5. The summed E-state index contributed by atoms with van der Waals surface area (Å²) in [5.74, 6) is -0.651. The van der Waals surface area contributed by atoms with Crippen LogP contribution in [0.3, 0.4) is 0 Å². The van der Waals surface area contributed by atoms with Crippen molar-refractivity contribution in [1.82, 2.24) is 4.90 Å². The van der Waals surface area contributed by atoms with Crippen LogP contribution < -0.4 is 0 Å². The van der Waals surface area contributed by atoms with Crippen LogP contribution in [0.4, 0.5) is 0 Å². The van der Waals surface area contributed by atoms with E-state index in [0.29, 0.717) is 29.8 Å². The van der Waals surface area contributed by atoms with Crippen LogP contribution in [0.5, 0.6) is 0 Å². The molecule has 0 aliphatic carbocycles. The lowest BCUT2D eigenvalue weighted by atomic mass is 10.1. The molecule has 1 amide bonds. The quantitative estimate of drug-likeness (QED) is 0.703. The molecule has 0 bridgehead atoms. The molecule has 0 N–H and O–H groups in total. The number of nitrogens with zero attached hydrogens (tertiary/aromatic N) is 1. The number of carbonyl (C=O) groups is 2. The van der Waals surface area contributed by atoms with Gasteiger partial charge in [-0.2, -0.15) is 0 Å². The van der Waals surface area contributed by atoms with E-state index in [9.17, 15) is 9.59 Å². The van der Waals surface area contributed by atoms with Gasteiger partial charge in [-0.05, 0) is 41.9 Å². The van der Waals surface area contributed by atoms with Crippen LogP contribution in [-0.4, -0.2) is 50.2 Å². The monoisotopic (exact) mass is 357 g/mol. The molecular formula is C15H20BrNO4. The predicted molar refractivity (Wildman–Crippen MR) is 83.3 cm³/mol. The molecule has 1 rings (SSSR count). The summed E-state index contributed by atoms with van der Waals surface area (Å²) in [6, 6.07) is 5.52. The number of hydrogen-bond acceptors (Lipinski definition) is 4. The Kier molecular flexibility index (Phi) is 7.39. The van der Waals surface area contributed by atoms with E-state index >= 15 is 0 Å². The van der Waals surface area contributed by atoms with Gasteiger partial charge in [-0.15, -0.1) is 0 Å². The zero-order chi connectivity index (χ0) is 15.8. The minimum Gasteiger partial charge on any atom is -0.465 e. The Morgan fingerprint density at radius 1 is 1.33 bits per heavy atom. The molecule has 21 heavy (non-hydrogen) atoms. The fourth-order valence-electron chi connectivity index (χ4n) is 1.79. The van der Waals surface area contributed by atoms with Crippen LogP contribution in [0.15, 0.2) is 22.7 Å². The molecule has 0 unspecified atom stereocenters.